The normalized spacial score (nSPS) is 11.8. The van der Waals surface area contributed by atoms with Crippen molar-refractivity contribution in [1.82, 2.24) is 10.2 Å². The Labute approximate surface area is 218 Å². The first-order valence-corrected chi connectivity index (χ1v) is 12.7. The number of benzene rings is 3. The van der Waals surface area contributed by atoms with Crippen molar-refractivity contribution >= 4 is 35.0 Å². The third-order valence-electron chi connectivity index (χ3n) is 5.76. The first kappa shape index (κ1) is 26.8. The summed E-state index contributed by atoms with van der Waals surface area (Å²) in [6, 6.07) is 24.1. The maximum atomic E-state index is 13.7. The minimum Gasteiger partial charge on any atom is -0.354 e. The highest BCUT2D eigenvalue weighted by molar-refractivity contribution is 6.31. The summed E-state index contributed by atoms with van der Waals surface area (Å²) in [6.07, 6.45) is 1.16. The number of aryl methyl sites for hydroxylation is 1. The van der Waals surface area contributed by atoms with Crippen molar-refractivity contribution in [3.8, 4) is 0 Å². The Morgan fingerprint density at radius 3 is 2.26 bits per heavy atom. The van der Waals surface area contributed by atoms with Gasteiger partial charge in [-0.05, 0) is 47.2 Å². The van der Waals surface area contributed by atoms with Crippen molar-refractivity contribution in [1.29, 1.82) is 0 Å². The maximum absolute atomic E-state index is 13.7. The zero-order valence-electron chi connectivity index (χ0n) is 20.2. The number of nitrogens with zero attached hydrogens (tertiary/aromatic N) is 1. The number of amides is 2. The summed E-state index contributed by atoms with van der Waals surface area (Å²) < 4.78 is 0. The second-order valence-corrected chi connectivity index (χ2v) is 9.93. The minimum atomic E-state index is -0.658. The second-order valence-electron chi connectivity index (χ2n) is 9.09. The lowest BCUT2D eigenvalue weighted by atomic mass is 10.0. The van der Waals surface area contributed by atoms with Gasteiger partial charge >= 0.3 is 0 Å². The Morgan fingerprint density at radius 2 is 1.57 bits per heavy atom. The fourth-order valence-corrected chi connectivity index (χ4v) is 4.34. The molecule has 0 bridgehead atoms. The van der Waals surface area contributed by atoms with Crippen LogP contribution in [0.4, 0.5) is 0 Å². The molecule has 184 valence electrons. The van der Waals surface area contributed by atoms with Gasteiger partial charge < -0.3 is 10.2 Å². The quantitative estimate of drug-likeness (QED) is 0.327. The average Bonchev–Trinajstić information content (AvgIpc) is 2.84. The number of hydrogen-bond donors (Lipinski definition) is 1. The molecule has 2 amide bonds. The number of carbonyl (C=O) groups is 2. The molecule has 0 fully saturated rings. The molecule has 1 atom stereocenters. The smallest absolute Gasteiger partial charge is 0.243 e. The third-order valence-corrected chi connectivity index (χ3v) is 6.37. The van der Waals surface area contributed by atoms with E-state index in [1.807, 2.05) is 86.6 Å². The van der Waals surface area contributed by atoms with Crippen molar-refractivity contribution in [3.63, 3.8) is 0 Å². The summed E-state index contributed by atoms with van der Waals surface area (Å²) in [7, 11) is 0. The van der Waals surface area contributed by atoms with Crippen LogP contribution in [0.15, 0.2) is 78.9 Å². The van der Waals surface area contributed by atoms with E-state index in [0.717, 1.165) is 16.7 Å². The molecule has 0 saturated carbocycles. The standard InChI is InChI=1S/C29H32Cl2N2O2/c1-21(2)19-32-29(35)27(18-22-9-4-3-5-10-22)33(20-23-11-8-13-25(30)17-23)28(34)16-15-24-12-6-7-14-26(24)31/h3-14,17,21,27H,15-16,18-20H2,1-2H3,(H,32,35)/t27-/m0/s1. The maximum Gasteiger partial charge on any atom is 0.243 e. The Hall–Kier alpha value is -2.82. The molecule has 6 heteroatoms. The minimum absolute atomic E-state index is 0.106. The lowest BCUT2D eigenvalue weighted by Gasteiger charge is -2.32. The molecule has 0 aliphatic carbocycles. The van der Waals surface area contributed by atoms with Crippen LogP contribution in [0.2, 0.25) is 10.0 Å². The van der Waals surface area contributed by atoms with E-state index in [2.05, 4.69) is 5.32 Å². The lowest BCUT2D eigenvalue weighted by molar-refractivity contribution is -0.141. The van der Waals surface area contributed by atoms with Gasteiger partial charge in [-0.2, -0.15) is 0 Å². The highest BCUT2D eigenvalue weighted by Crippen LogP contribution is 2.21. The van der Waals surface area contributed by atoms with E-state index in [1.54, 1.807) is 11.0 Å². The molecule has 3 rings (SSSR count). The molecule has 3 aromatic carbocycles. The van der Waals surface area contributed by atoms with Crippen molar-refractivity contribution in [2.75, 3.05) is 6.54 Å². The molecule has 0 unspecified atom stereocenters. The van der Waals surface area contributed by atoms with E-state index in [-0.39, 0.29) is 24.8 Å². The van der Waals surface area contributed by atoms with E-state index >= 15 is 0 Å². The number of carbonyl (C=O) groups excluding carboxylic acids is 2. The molecule has 1 N–H and O–H groups in total. The van der Waals surface area contributed by atoms with Gasteiger partial charge in [-0.25, -0.2) is 0 Å². The van der Waals surface area contributed by atoms with Crippen LogP contribution < -0.4 is 5.32 Å². The van der Waals surface area contributed by atoms with E-state index in [4.69, 9.17) is 23.2 Å². The molecule has 35 heavy (non-hydrogen) atoms. The molecule has 0 aliphatic heterocycles. The number of nitrogens with one attached hydrogen (secondary N) is 1. The predicted molar refractivity (Wildman–Crippen MR) is 144 cm³/mol. The van der Waals surface area contributed by atoms with Crippen molar-refractivity contribution in [2.45, 2.75) is 45.7 Å². The molecule has 0 radical (unpaired) electrons. The van der Waals surface area contributed by atoms with Crippen molar-refractivity contribution in [2.24, 2.45) is 5.92 Å². The summed E-state index contributed by atoms with van der Waals surface area (Å²) in [6.45, 7) is 4.92. The Bertz CT molecular complexity index is 1120. The van der Waals surface area contributed by atoms with E-state index < -0.39 is 6.04 Å². The highest BCUT2D eigenvalue weighted by Gasteiger charge is 2.30. The Morgan fingerprint density at radius 1 is 0.886 bits per heavy atom. The first-order valence-electron chi connectivity index (χ1n) is 11.9. The van der Waals surface area contributed by atoms with Gasteiger partial charge in [0, 0.05) is 36.0 Å². The van der Waals surface area contributed by atoms with Crippen LogP contribution >= 0.6 is 23.2 Å². The molecule has 4 nitrogen and oxygen atoms in total. The van der Waals surface area contributed by atoms with Crippen LogP contribution in [0, 0.1) is 5.92 Å². The molecule has 0 saturated heterocycles. The molecule has 3 aromatic rings. The van der Waals surface area contributed by atoms with E-state index in [1.165, 1.54) is 0 Å². The van der Waals surface area contributed by atoms with Gasteiger partial charge in [0.15, 0.2) is 0 Å². The lowest BCUT2D eigenvalue weighted by Crippen LogP contribution is -2.51. The van der Waals surface area contributed by atoms with E-state index in [9.17, 15) is 9.59 Å². The molecular weight excluding hydrogens is 479 g/mol. The van der Waals surface area contributed by atoms with Gasteiger partial charge in [-0.3, -0.25) is 9.59 Å². The summed E-state index contributed by atoms with van der Waals surface area (Å²) in [5, 5.41) is 4.27. The van der Waals surface area contributed by atoms with Gasteiger partial charge in [-0.1, -0.05) is 97.7 Å². The summed E-state index contributed by atoms with van der Waals surface area (Å²) in [5.74, 6) is 0.0369. The summed E-state index contributed by atoms with van der Waals surface area (Å²) in [5.41, 5.74) is 2.78. The van der Waals surface area contributed by atoms with Gasteiger partial charge in [0.05, 0.1) is 0 Å². The average molecular weight is 511 g/mol. The van der Waals surface area contributed by atoms with Crippen molar-refractivity contribution < 1.29 is 9.59 Å². The topological polar surface area (TPSA) is 49.4 Å². The predicted octanol–water partition coefficient (Wildman–Crippen LogP) is 6.34. The SMILES string of the molecule is CC(C)CNC(=O)[C@H](Cc1ccccc1)N(Cc1cccc(Cl)c1)C(=O)CCc1ccccc1Cl. The van der Waals surface area contributed by atoms with Crippen LogP contribution in [0.25, 0.3) is 0 Å². The molecule has 0 heterocycles. The molecular formula is C29H32Cl2N2O2. The highest BCUT2D eigenvalue weighted by atomic mass is 35.5. The fourth-order valence-electron chi connectivity index (χ4n) is 3.89. The van der Waals surface area contributed by atoms with Gasteiger partial charge in [0.25, 0.3) is 0 Å². The zero-order valence-corrected chi connectivity index (χ0v) is 21.7. The van der Waals surface area contributed by atoms with Crippen LogP contribution in [0.1, 0.15) is 37.0 Å². The van der Waals surface area contributed by atoms with Crippen LogP contribution in [0.5, 0.6) is 0 Å². The zero-order chi connectivity index (χ0) is 25.2. The van der Waals surface area contributed by atoms with E-state index in [0.29, 0.717) is 35.3 Å². The monoisotopic (exact) mass is 510 g/mol. The Kier molecular flexibility index (Phi) is 10.2. The number of rotatable bonds is 11. The number of halogens is 2. The fraction of sp³-hybridized carbons (Fsp3) is 0.310. The second kappa shape index (κ2) is 13.3. The van der Waals surface area contributed by atoms with Crippen LogP contribution in [0.3, 0.4) is 0 Å². The largest absolute Gasteiger partial charge is 0.354 e. The van der Waals surface area contributed by atoms with Gasteiger partial charge in [0.1, 0.15) is 6.04 Å². The molecule has 0 aromatic heterocycles. The third kappa shape index (κ3) is 8.41. The van der Waals surface area contributed by atoms with Gasteiger partial charge in [-0.15, -0.1) is 0 Å². The molecule has 0 aliphatic rings. The van der Waals surface area contributed by atoms with Gasteiger partial charge in [0.2, 0.25) is 11.8 Å². The molecule has 0 spiro atoms. The summed E-state index contributed by atoms with van der Waals surface area (Å²) in [4.78, 5) is 28.8. The van der Waals surface area contributed by atoms with Crippen LogP contribution in [-0.4, -0.2) is 29.3 Å². The van der Waals surface area contributed by atoms with Crippen molar-refractivity contribution in [3.05, 3.63) is 106 Å². The van der Waals surface area contributed by atoms with Crippen LogP contribution in [-0.2, 0) is 29.0 Å². The Balaban J connectivity index is 1.91. The summed E-state index contributed by atoms with van der Waals surface area (Å²) >= 11 is 12.5. The first-order chi connectivity index (χ1) is 16.8. The number of hydrogen-bond acceptors (Lipinski definition) is 2.